The van der Waals surface area contributed by atoms with E-state index in [1.807, 2.05) is 28.8 Å². The van der Waals surface area contributed by atoms with Crippen molar-refractivity contribution >= 4 is 5.91 Å². The van der Waals surface area contributed by atoms with Gasteiger partial charge in [0.25, 0.3) is 5.91 Å². The monoisotopic (exact) mass is 408 g/mol. The number of carbonyl (C=O) groups excluding carboxylic acids is 1. The van der Waals surface area contributed by atoms with Crippen molar-refractivity contribution < 1.29 is 13.9 Å². The highest BCUT2D eigenvalue weighted by atomic mass is 16.5. The quantitative estimate of drug-likeness (QED) is 0.644. The summed E-state index contributed by atoms with van der Waals surface area (Å²) in [6.07, 6.45) is 3.22. The highest BCUT2D eigenvalue weighted by molar-refractivity contribution is 5.95. The van der Waals surface area contributed by atoms with Gasteiger partial charge in [-0.2, -0.15) is 0 Å². The lowest BCUT2D eigenvalue weighted by atomic mass is 10.1. The van der Waals surface area contributed by atoms with Crippen LogP contribution in [-0.2, 0) is 32.4 Å². The van der Waals surface area contributed by atoms with Gasteiger partial charge in [0.1, 0.15) is 22.9 Å². The third kappa shape index (κ3) is 4.12. The summed E-state index contributed by atoms with van der Waals surface area (Å²) in [4.78, 5) is 25.1. The van der Waals surface area contributed by atoms with Gasteiger partial charge in [-0.3, -0.25) is 4.79 Å². The summed E-state index contributed by atoms with van der Waals surface area (Å²) in [7, 11) is 1.63. The van der Waals surface area contributed by atoms with Gasteiger partial charge in [-0.1, -0.05) is 12.1 Å². The van der Waals surface area contributed by atoms with E-state index in [1.54, 1.807) is 20.1 Å². The summed E-state index contributed by atoms with van der Waals surface area (Å²) in [5.41, 5.74) is 1.12. The molecule has 1 aromatic carbocycles. The van der Waals surface area contributed by atoms with E-state index in [-0.39, 0.29) is 12.1 Å². The fourth-order valence-electron chi connectivity index (χ4n) is 3.72. The van der Waals surface area contributed by atoms with E-state index in [0.717, 1.165) is 42.9 Å². The minimum Gasteiger partial charge on any atom is -0.497 e. The number of rotatable bonds is 7. The zero-order valence-corrected chi connectivity index (χ0v) is 17.1. The maximum Gasteiger partial charge on any atom is 0.349 e. The number of amides is 1. The molecule has 30 heavy (non-hydrogen) atoms. The Morgan fingerprint density at radius 3 is 2.77 bits per heavy atom. The number of carbonyl (C=O) groups is 1. The third-order valence-electron chi connectivity index (χ3n) is 5.34. The molecule has 0 radical (unpaired) electrons. The normalized spacial score (nSPS) is 12.6. The number of fused-ring (bicyclic) bond motifs is 1. The average molecular weight is 408 g/mol. The first-order valence-corrected chi connectivity index (χ1v) is 10.0. The van der Waals surface area contributed by atoms with E-state index in [1.165, 1.54) is 0 Å². The first-order valence-electron chi connectivity index (χ1n) is 10.0. The molecule has 1 aliphatic rings. The molecule has 0 bridgehead atoms. The van der Waals surface area contributed by atoms with Crippen molar-refractivity contribution in [3.05, 3.63) is 74.9 Å². The Morgan fingerprint density at radius 2 is 2.03 bits per heavy atom. The van der Waals surface area contributed by atoms with E-state index < -0.39 is 11.5 Å². The smallest absolute Gasteiger partial charge is 0.349 e. The average Bonchev–Trinajstić information content (AvgIpc) is 3.35. The highest BCUT2D eigenvalue weighted by Gasteiger charge is 2.20. The molecule has 8 nitrogen and oxygen atoms in total. The van der Waals surface area contributed by atoms with Gasteiger partial charge in [-0.05, 0) is 49.1 Å². The topological polar surface area (TPSA) is 99.2 Å². The van der Waals surface area contributed by atoms with E-state index in [4.69, 9.17) is 9.15 Å². The lowest BCUT2D eigenvalue weighted by molar-refractivity contribution is 0.0944. The summed E-state index contributed by atoms with van der Waals surface area (Å²) in [6, 6.07) is 9.51. The van der Waals surface area contributed by atoms with Gasteiger partial charge in [-0.25, -0.2) is 4.79 Å². The number of nitrogens with one attached hydrogen (secondary N) is 1. The Labute approximate surface area is 173 Å². The third-order valence-corrected chi connectivity index (χ3v) is 5.34. The van der Waals surface area contributed by atoms with Crippen LogP contribution in [0.3, 0.4) is 0 Å². The van der Waals surface area contributed by atoms with E-state index >= 15 is 0 Å². The van der Waals surface area contributed by atoms with Crippen molar-refractivity contribution in [3.63, 3.8) is 0 Å². The molecule has 0 unspecified atom stereocenters. The Morgan fingerprint density at radius 1 is 1.23 bits per heavy atom. The molecule has 0 spiro atoms. The summed E-state index contributed by atoms with van der Waals surface area (Å²) in [6.45, 7) is 2.83. The molecular formula is C22H24N4O4. The number of ether oxygens (including phenoxy) is 1. The van der Waals surface area contributed by atoms with Crippen molar-refractivity contribution in [3.8, 4) is 5.75 Å². The van der Waals surface area contributed by atoms with Crippen LogP contribution in [-0.4, -0.2) is 27.8 Å². The zero-order valence-electron chi connectivity index (χ0n) is 17.1. The second kappa shape index (κ2) is 8.52. The van der Waals surface area contributed by atoms with Gasteiger partial charge in [0, 0.05) is 19.4 Å². The lowest BCUT2D eigenvalue weighted by Crippen LogP contribution is -2.30. The van der Waals surface area contributed by atoms with Crippen LogP contribution >= 0.6 is 0 Å². The second-order valence-corrected chi connectivity index (χ2v) is 7.38. The van der Waals surface area contributed by atoms with Crippen molar-refractivity contribution in [1.82, 2.24) is 20.1 Å². The van der Waals surface area contributed by atoms with Crippen molar-refractivity contribution in [2.24, 2.45) is 0 Å². The molecule has 1 amide bonds. The SMILES string of the molecule is COc1ccc(CCc2cc(C)c(C(=O)NCc3nnc4n3CCC4)c(=O)o2)cc1. The van der Waals surface area contributed by atoms with Crippen molar-refractivity contribution in [2.45, 2.75) is 45.7 Å². The first kappa shape index (κ1) is 19.9. The van der Waals surface area contributed by atoms with Crippen molar-refractivity contribution in [1.29, 1.82) is 0 Å². The standard InChI is InChI=1S/C22H24N4O4/c1-14-12-17(10-7-15-5-8-16(29-2)9-6-15)30-22(28)20(14)21(27)23-13-19-25-24-18-4-3-11-26(18)19/h5-6,8-9,12H,3-4,7,10-11,13H2,1-2H3,(H,23,27). The minimum atomic E-state index is -0.622. The molecule has 2 aromatic heterocycles. The molecule has 8 heteroatoms. The van der Waals surface area contributed by atoms with Crippen LogP contribution in [0.25, 0.3) is 0 Å². The predicted octanol–water partition coefficient (Wildman–Crippen LogP) is 2.21. The van der Waals surface area contributed by atoms with Crippen LogP contribution in [0.5, 0.6) is 5.75 Å². The Bertz CT molecular complexity index is 1120. The number of aryl methyl sites for hydroxylation is 4. The van der Waals surface area contributed by atoms with Gasteiger partial charge >= 0.3 is 5.63 Å². The largest absolute Gasteiger partial charge is 0.497 e. The summed E-state index contributed by atoms with van der Waals surface area (Å²) >= 11 is 0. The number of methoxy groups -OCH3 is 1. The van der Waals surface area contributed by atoms with Gasteiger partial charge in [0.15, 0.2) is 5.82 Å². The van der Waals surface area contributed by atoms with Crippen LogP contribution in [0.2, 0.25) is 0 Å². The summed E-state index contributed by atoms with van der Waals surface area (Å²) < 4.78 is 12.6. The van der Waals surface area contributed by atoms with E-state index in [2.05, 4.69) is 15.5 Å². The number of hydrogen-bond donors (Lipinski definition) is 1. The maximum atomic E-state index is 12.6. The van der Waals surface area contributed by atoms with Crippen LogP contribution in [0.1, 0.15) is 45.3 Å². The van der Waals surface area contributed by atoms with E-state index in [9.17, 15) is 9.59 Å². The number of benzene rings is 1. The van der Waals surface area contributed by atoms with Gasteiger partial charge in [-0.15, -0.1) is 10.2 Å². The Kier molecular flexibility index (Phi) is 5.65. The van der Waals surface area contributed by atoms with Crippen molar-refractivity contribution in [2.75, 3.05) is 7.11 Å². The number of aromatic nitrogens is 3. The zero-order chi connectivity index (χ0) is 21.1. The number of hydrogen-bond acceptors (Lipinski definition) is 6. The maximum absolute atomic E-state index is 12.6. The molecule has 0 atom stereocenters. The molecular weight excluding hydrogens is 384 g/mol. The minimum absolute atomic E-state index is 0.0318. The van der Waals surface area contributed by atoms with Gasteiger partial charge in [0.05, 0.1) is 13.7 Å². The van der Waals surface area contributed by atoms with E-state index in [0.29, 0.717) is 23.6 Å². The molecule has 0 fully saturated rings. The molecule has 0 aliphatic carbocycles. The molecule has 0 saturated carbocycles. The molecule has 3 aromatic rings. The van der Waals surface area contributed by atoms with Crippen LogP contribution in [0.15, 0.2) is 39.5 Å². The Balaban J connectivity index is 1.41. The summed E-state index contributed by atoms with van der Waals surface area (Å²) in [5.74, 6) is 2.54. The fraction of sp³-hybridized carbons (Fsp3) is 0.364. The van der Waals surface area contributed by atoms with Crippen LogP contribution in [0.4, 0.5) is 0 Å². The molecule has 156 valence electrons. The van der Waals surface area contributed by atoms with Crippen LogP contribution < -0.4 is 15.7 Å². The van der Waals surface area contributed by atoms with Gasteiger partial charge < -0.3 is 19.0 Å². The predicted molar refractivity (Wildman–Crippen MR) is 110 cm³/mol. The molecule has 1 N–H and O–H groups in total. The Hall–Kier alpha value is -3.42. The fourth-order valence-corrected chi connectivity index (χ4v) is 3.72. The molecule has 4 rings (SSSR count). The molecule has 3 heterocycles. The highest BCUT2D eigenvalue weighted by Crippen LogP contribution is 2.16. The molecule has 0 saturated heterocycles. The van der Waals surface area contributed by atoms with Crippen LogP contribution in [0, 0.1) is 6.92 Å². The molecule has 1 aliphatic heterocycles. The number of nitrogens with zero attached hydrogens (tertiary/aromatic N) is 3. The second-order valence-electron chi connectivity index (χ2n) is 7.38. The summed E-state index contributed by atoms with van der Waals surface area (Å²) in [5, 5.41) is 11.0. The van der Waals surface area contributed by atoms with Gasteiger partial charge in [0.2, 0.25) is 0 Å². The lowest BCUT2D eigenvalue weighted by Gasteiger charge is -2.09. The first-order chi connectivity index (χ1) is 14.5.